The first-order valence-corrected chi connectivity index (χ1v) is 4.82. The molecule has 0 aliphatic carbocycles. The average Bonchev–Trinajstić information content (AvgIpc) is 2.29. The van der Waals surface area contributed by atoms with Crippen LogP contribution < -0.4 is 9.47 Å². The number of ether oxygens (including phenoxy) is 3. The number of halogens is 1. The van der Waals surface area contributed by atoms with Gasteiger partial charge in [-0.2, -0.15) is 0 Å². The molecule has 0 spiro atoms. The summed E-state index contributed by atoms with van der Waals surface area (Å²) in [6, 6.07) is 2.07. The van der Waals surface area contributed by atoms with E-state index in [-0.39, 0.29) is 18.1 Å². The van der Waals surface area contributed by atoms with Gasteiger partial charge in [0.15, 0.2) is 11.5 Å². The Bertz CT molecular complexity index is 405. The van der Waals surface area contributed by atoms with E-state index in [0.717, 1.165) is 12.1 Å². The molecule has 0 heterocycles. The number of carbonyl (C=O) groups is 1. The summed E-state index contributed by atoms with van der Waals surface area (Å²) in [6.45, 7) is 0.560. The van der Waals surface area contributed by atoms with Crippen molar-refractivity contribution in [3.05, 3.63) is 23.5 Å². The quantitative estimate of drug-likeness (QED) is 0.769. The Balaban J connectivity index is 2.97. The third kappa shape index (κ3) is 3.32. The topological polar surface area (TPSA) is 65.0 Å². The molecule has 0 unspecified atom stereocenters. The van der Waals surface area contributed by atoms with Gasteiger partial charge in [-0.25, -0.2) is 9.18 Å². The molecule has 1 N–H and O–H groups in total. The van der Waals surface area contributed by atoms with Crippen LogP contribution in [0.5, 0.6) is 11.5 Å². The van der Waals surface area contributed by atoms with Crippen molar-refractivity contribution in [2.24, 2.45) is 0 Å². The van der Waals surface area contributed by atoms with Crippen LogP contribution in [0.2, 0.25) is 0 Å². The van der Waals surface area contributed by atoms with E-state index in [1.165, 1.54) is 14.2 Å². The number of aromatic carboxylic acids is 1. The number of hydrogen-bond acceptors (Lipinski definition) is 4. The third-order valence-electron chi connectivity index (χ3n) is 2.03. The van der Waals surface area contributed by atoms with Crippen molar-refractivity contribution < 1.29 is 28.5 Å². The standard InChI is InChI=1S/C11H13FO5/c1-15-3-4-17-10-6-8(12)7(11(13)14)5-9(10)16-2/h5-6H,3-4H2,1-2H3,(H,13,14). The summed E-state index contributed by atoms with van der Waals surface area (Å²) in [5, 5.41) is 8.73. The van der Waals surface area contributed by atoms with Gasteiger partial charge in [-0.15, -0.1) is 0 Å². The van der Waals surface area contributed by atoms with E-state index in [1.807, 2.05) is 0 Å². The second-order valence-corrected chi connectivity index (χ2v) is 3.13. The summed E-state index contributed by atoms with van der Waals surface area (Å²) in [7, 11) is 2.86. The van der Waals surface area contributed by atoms with Crippen LogP contribution in [0.4, 0.5) is 4.39 Å². The van der Waals surface area contributed by atoms with E-state index in [2.05, 4.69) is 0 Å². The molecule has 0 atom stereocenters. The zero-order valence-corrected chi connectivity index (χ0v) is 9.53. The molecule has 0 saturated heterocycles. The van der Waals surface area contributed by atoms with Gasteiger partial charge in [0.1, 0.15) is 12.4 Å². The summed E-state index contributed by atoms with van der Waals surface area (Å²) < 4.78 is 28.3. The predicted octanol–water partition coefficient (Wildman–Crippen LogP) is 1.56. The van der Waals surface area contributed by atoms with E-state index < -0.39 is 17.3 Å². The van der Waals surface area contributed by atoms with E-state index in [0.29, 0.717) is 6.61 Å². The molecule has 1 rings (SSSR count). The lowest BCUT2D eigenvalue weighted by Crippen LogP contribution is -2.07. The van der Waals surface area contributed by atoms with Gasteiger partial charge in [0, 0.05) is 19.2 Å². The third-order valence-corrected chi connectivity index (χ3v) is 2.03. The van der Waals surface area contributed by atoms with Crippen LogP contribution in [-0.2, 0) is 4.74 Å². The van der Waals surface area contributed by atoms with Crippen LogP contribution >= 0.6 is 0 Å². The summed E-state index contributed by atoms with van der Waals surface area (Å²) in [5.41, 5.74) is -0.457. The van der Waals surface area contributed by atoms with E-state index in [1.54, 1.807) is 0 Å². The molecule has 0 bridgehead atoms. The van der Waals surface area contributed by atoms with Gasteiger partial charge < -0.3 is 19.3 Å². The van der Waals surface area contributed by atoms with Gasteiger partial charge in [-0.1, -0.05) is 0 Å². The van der Waals surface area contributed by atoms with Gasteiger partial charge in [-0.3, -0.25) is 0 Å². The smallest absolute Gasteiger partial charge is 0.338 e. The molecule has 1 aromatic carbocycles. The maximum atomic E-state index is 13.4. The minimum absolute atomic E-state index is 0.145. The first-order valence-electron chi connectivity index (χ1n) is 4.82. The Morgan fingerprint density at radius 3 is 2.53 bits per heavy atom. The van der Waals surface area contributed by atoms with Gasteiger partial charge in [-0.05, 0) is 0 Å². The molecule has 17 heavy (non-hydrogen) atoms. The van der Waals surface area contributed by atoms with Crippen molar-refractivity contribution >= 4 is 5.97 Å². The number of methoxy groups -OCH3 is 2. The van der Waals surface area contributed by atoms with E-state index in [4.69, 9.17) is 19.3 Å². The van der Waals surface area contributed by atoms with Crippen molar-refractivity contribution in [1.82, 2.24) is 0 Å². The zero-order chi connectivity index (χ0) is 12.8. The van der Waals surface area contributed by atoms with Crippen molar-refractivity contribution in [1.29, 1.82) is 0 Å². The van der Waals surface area contributed by atoms with Crippen LogP contribution in [0.3, 0.4) is 0 Å². The predicted molar refractivity (Wildman–Crippen MR) is 57.3 cm³/mol. The molecule has 0 radical (unpaired) electrons. The molecule has 5 nitrogen and oxygen atoms in total. The minimum atomic E-state index is -1.36. The molecular weight excluding hydrogens is 231 g/mol. The van der Waals surface area contributed by atoms with Crippen LogP contribution in [0.1, 0.15) is 10.4 Å². The number of benzene rings is 1. The van der Waals surface area contributed by atoms with Crippen LogP contribution in [0.15, 0.2) is 12.1 Å². The second kappa shape index (κ2) is 6.05. The lowest BCUT2D eigenvalue weighted by molar-refractivity contribution is 0.0691. The van der Waals surface area contributed by atoms with Crippen molar-refractivity contribution in [3.8, 4) is 11.5 Å². The second-order valence-electron chi connectivity index (χ2n) is 3.13. The SMILES string of the molecule is COCCOc1cc(F)c(C(=O)O)cc1OC. The molecule has 0 aromatic heterocycles. The van der Waals surface area contributed by atoms with Crippen molar-refractivity contribution in [2.75, 3.05) is 27.4 Å². The molecule has 0 aliphatic rings. The molecule has 0 saturated carbocycles. The fourth-order valence-corrected chi connectivity index (χ4v) is 1.21. The molecular formula is C11H13FO5. The minimum Gasteiger partial charge on any atom is -0.493 e. The van der Waals surface area contributed by atoms with Crippen molar-refractivity contribution in [2.45, 2.75) is 0 Å². The molecule has 0 aliphatic heterocycles. The largest absolute Gasteiger partial charge is 0.493 e. The highest BCUT2D eigenvalue weighted by Crippen LogP contribution is 2.30. The van der Waals surface area contributed by atoms with Crippen LogP contribution in [-0.4, -0.2) is 38.5 Å². The number of carboxylic acids is 1. The first-order chi connectivity index (χ1) is 8.10. The lowest BCUT2D eigenvalue weighted by atomic mass is 10.2. The Labute approximate surface area is 97.7 Å². The number of hydrogen-bond donors (Lipinski definition) is 1. The molecule has 1 aromatic rings. The van der Waals surface area contributed by atoms with E-state index in [9.17, 15) is 9.18 Å². The van der Waals surface area contributed by atoms with Crippen LogP contribution in [0.25, 0.3) is 0 Å². The summed E-state index contributed by atoms with van der Waals surface area (Å²) in [6.07, 6.45) is 0. The zero-order valence-electron chi connectivity index (χ0n) is 9.53. The van der Waals surface area contributed by atoms with Gasteiger partial charge >= 0.3 is 5.97 Å². The Morgan fingerprint density at radius 2 is 2.00 bits per heavy atom. The molecule has 0 fully saturated rings. The molecule has 94 valence electrons. The monoisotopic (exact) mass is 244 g/mol. The maximum absolute atomic E-state index is 13.4. The summed E-state index contributed by atoms with van der Waals surface area (Å²) in [4.78, 5) is 10.7. The molecule has 0 amide bonds. The average molecular weight is 244 g/mol. The fourth-order valence-electron chi connectivity index (χ4n) is 1.21. The highest BCUT2D eigenvalue weighted by atomic mass is 19.1. The number of carboxylic acid groups (broad SMARTS) is 1. The summed E-state index contributed by atoms with van der Waals surface area (Å²) >= 11 is 0. The van der Waals surface area contributed by atoms with Crippen LogP contribution in [0, 0.1) is 5.82 Å². The highest BCUT2D eigenvalue weighted by molar-refractivity contribution is 5.88. The first kappa shape index (κ1) is 13.2. The summed E-state index contributed by atoms with van der Waals surface area (Å²) in [5.74, 6) is -1.91. The lowest BCUT2D eigenvalue weighted by Gasteiger charge is -2.11. The Hall–Kier alpha value is -1.82. The normalized spacial score (nSPS) is 10.1. The van der Waals surface area contributed by atoms with Gasteiger partial charge in [0.05, 0.1) is 19.3 Å². The van der Waals surface area contributed by atoms with Gasteiger partial charge in [0.2, 0.25) is 0 Å². The Kier molecular flexibility index (Phi) is 4.71. The fraction of sp³-hybridized carbons (Fsp3) is 0.364. The van der Waals surface area contributed by atoms with E-state index >= 15 is 0 Å². The van der Waals surface area contributed by atoms with Gasteiger partial charge in [0.25, 0.3) is 0 Å². The highest BCUT2D eigenvalue weighted by Gasteiger charge is 2.16. The maximum Gasteiger partial charge on any atom is 0.338 e. The Morgan fingerprint density at radius 1 is 1.29 bits per heavy atom. The molecule has 6 heteroatoms. The number of rotatable bonds is 6. The van der Waals surface area contributed by atoms with Crippen molar-refractivity contribution in [3.63, 3.8) is 0 Å².